The van der Waals surface area contributed by atoms with Gasteiger partial charge in [0.15, 0.2) is 11.6 Å². The quantitative estimate of drug-likeness (QED) is 0.838. The maximum absolute atomic E-state index is 13.7. The summed E-state index contributed by atoms with van der Waals surface area (Å²) >= 11 is 0. The molecule has 18 heavy (non-hydrogen) atoms. The minimum absolute atomic E-state index is 0.262. The van der Waals surface area contributed by atoms with E-state index in [4.69, 9.17) is 4.74 Å². The summed E-state index contributed by atoms with van der Waals surface area (Å²) in [7, 11) is 1.49. The summed E-state index contributed by atoms with van der Waals surface area (Å²) in [6.45, 7) is 5.34. The zero-order valence-electron chi connectivity index (χ0n) is 11.4. The van der Waals surface area contributed by atoms with Gasteiger partial charge < -0.3 is 10.1 Å². The van der Waals surface area contributed by atoms with Gasteiger partial charge in [-0.25, -0.2) is 4.39 Å². The highest BCUT2D eigenvalue weighted by Crippen LogP contribution is 2.51. The van der Waals surface area contributed by atoms with Crippen molar-refractivity contribution in [2.45, 2.75) is 39.2 Å². The maximum atomic E-state index is 13.7. The van der Waals surface area contributed by atoms with E-state index in [1.807, 2.05) is 6.07 Å². The van der Waals surface area contributed by atoms with E-state index >= 15 is 0 Å². The summed E-state index contributed by atoms with van der Waals surface area (Å²) in [6, 6.07) is 5.80. The molecule has 0 saturated heterocycles. The summed E-state index contributed by atoms with van der Waals surface area (Å²) < 4.78 is 18.6. The first kappa shape index (κ1) is 13.3. The topological polar surface area (TPSA) is 21.3 Å². The molecule has 0 aliphatic heterocycles. The standard InChI is InChI=1S/C15H22FNO/c1-4-17-11(2)15(7-8-15)10-12-5-6-14(18-3)13(16)9-12/h5-6,9,11,17H,4,7-8,10H2,1-3H3. The number of ether oxygens (including phenoxy) is 1. The van der Waals surface area contributed by atoms with Crippen LogP contribution in [0, 0.1) is 11.2 Å². The Balaban J connectivity index is 2.07. The molecule has 1 unspecified atom stereocenters. The van der Waals surface area contributed by atoms with Crippen molar-refractivity contribution in [2.75, 3.05) is 13.7 Å². The van der Waals surface area contributed by atoms with Crippen LogP contribution in [0.25, 0.3) is 0 Å². The number of methoxy groups -OCH3 is 1. The van der Waals surface area contributed by atoms with Crippen molar-refractivity contribution in [3.8, 4) is 5.75 Å². The highest BCUT2D eigenvalue weighted by Gasteiger charge is 2.46. The van der Waals surface area contributed by atoms with Crippen molar-refractivity contribution in [3.63, 3.8) is 0 Å². The van der Waals surface area contributed by atoms with E-state index in [-0.39, 0.29) is 5.82 Å². The Labute approximate surface area is 109 Å². The van der Waals surface area contributed by atoms with Gasteiger partial charge in [-0.05, 0) is 55.8 Å². The second kappa shape index (κ2) is 5.27. The molecular weight excluding hydrogens is 229 g/mol. The summed E-state index contributed by atoms with van der Waals surface area (Å²) in [6.07, 6.45) is 3.41. The van der Waals surface area contributed by atoms with Crippen LogP contribution in [0.2, 0.25) is 0 Å². The van der Waals surface area contributed by atoms with Crippen LogP contribution in [0.1, 0.15) is 32.3 Å². The molecule has 2 rings (SSSR count). The molecule has 1 aromatic carbocycles. The van der Waals surface area contributed by atoms with Crippen molar-refractivity contribution < 1.29 is 9.13 Å². The Morgan fingerprint density at radius 3 is 2.67 bits per heavy atom. The Morgan fingerprint density at radius 2 is 2.17 bits per heavy atom. The van der Waals surface area contributed by atoms with Crippen LogP contribution in [-0.4, -0.2) is 19.7 Å². The van der Waals surface area contributed by atoms with Crippen LogP contribution in [0.4, 0.5) is 4.39 Å². The van der Waals surface area contributed by atoms with Crippen LogP contribution in [-0.2, 0) is 6.42 Å². The van der Waals surface area contributed by atoms with Crippen LogP contribution in [0.3, 0.4) is 0 Å². The molecule has 1 N–H and O–H groups in total. The molecule has 2 nitrogen and oxygen atoms in total. The summed E-state index contributed by atoms with van der Waals surface area (Å²) in [5.74, 6) is 0.0604. The first-order chi connectivity index (χ1) is 8.61. The predicted octanol–water partition coefficient (Wildman–Crippen LogP) is 3.16. The van der Waals surface area contributed by atoms with Crippen molar-refractivity contribution in [1.29, 1.82) is 0 Å². The van der Waals surface area contributed by atoms with Crippen molar-refractivity contribution in [3.05, 3.63) is 29.6 Å². The van der Waals surface area contributed by atoms with Gasteiger partial charge in [-0.2, -0.15) is 0 Å². The number of rotatable bonds is 6. The van der Waals surface area contributed by atoms with Crippen molar-refractivity contribution in [1.82, 2.24) is 5.32 Å². The third kappa shape index (κ3) is 2.66. The van der Waals surface area contributed by atoms with Gasteiger partial charge >= 0.3 is 0 Å². The van der Waals surface area contributed by atoms with Gasteiger partial charge in [-0.3, -0.25) is 0 Å². The molecular formula is C15H22FNO. The van der Waals surface area contributed by atoms with E-state index in [0.717, 1.165) is 18.5 Å². The van der Waals surface area contributed by atoms with Gasteiger partial charge in [0.2, 0.25) is 0 Å². The summed E-state index contributed by atoms with van der Waals surface area (Å²) in [5.41, 5.74) is 1.40. The smallest absolute Gasteiger partial charge is 0.165 e. The van der Waals surface area contributed by atoms with E-state index in [1.54, 1.807) is 12.1 Å². The molecule has 1 fully saturated rings. The van der Waals surface area contributed by atoms with Crippen molar-refractivity contribution in [2.24, 2.45) is 5.41 Å². The average Bonchev–Trinajstić information content (AvgIpc) is 3.11. The fraction of sp³-hybridized carbons (Fsp3) is 0.600. The molecule has 0 spiro atoms. The minimum atomic E-state index is -0.262. The zero-order chi connectivity index (χ0) is 13.2. The van der Waals surface area contributed by atoms with Crippen LogP contribution >= 0.6 is 0 Å². The monoisotopic (exact) mass is 251 g/mol. The van der Waals surface area contributed by atoms with Gasteiger partial charge in [0.1, 0.15) is 0 Å². The lowest BCUT2D eigenvalue weighted by Gasteiger charge is -2.24. The largest absolute Gasteiger partial charge is 0.494 e. The van der Waals surface area contributed by atoms with Gasteiger partial charge in [0.25, 0.3) is 0 Å². The van der Waals surface area contributed by atoms with Crippen molar-refractivity contribution >= 4 is 0 Å². The van der Waals surface area contributed by atoms with Gasteiger partial charge in [0.05, 0.1) is 7.11 Å². The molecule has 1 aliphatic carbocycles. The van der Waals surface area contributed by atoms with E-state index < -0.39 is 0 Å². The molecule has 0 radical (unpaired) electrons. The Hall–Kier alpha value is -1.09. The Kier molecular flexibility index (Phi) is 3.91. The fourth-order valence-corrected chi connectivity index (χ4v) is 2.67. The number of hydrogen-bond donors (Lipinski definition) is 1. The number of nitrogens with one attached hydrogen (secondary N) is 1. The first-order valence-corrected chi connectivity index (χ1v) is 6.67. The fourth-order valence-electron chi connectivity index (χ4n) is 2.67. The molecule has 0 amide bonds. The lowest BCUT2D eigenvalue weighted by Crippen LogP contribution is -2.35. The molecule has 0 heterocycles. The predicted molar refractivity (Wildman–Crippen MR) is 71.5 cm³/mol. The van der Waals surface area contributed by atoms with Gasteiger partial charge in [-0.15, -0.1) is 0 Å². The molecule has 3 heteroatoms. The lowest BCUT2D eigenvalue weighted by atomic mass is 9.89. The second-order valence-corrected chi connectivity index (χ2v) is 5.29. The molecule has 0 bridgehead atoms. The average molecular weight is 251 g/mol. The van der Waals surface area contributed by atoms with E-state index in [2.05, 4.69) is 19.2 Å². The summed E-state index contributed by atoms with van der Waals surface area (Å²) in [4.78, 5) is 0. The number of hydrogen-bond acceptors (Lipinski definition) is 2. The third-order valence-electron chi connectivity index (χ3n) is 4.09. The normalized spacial score (nSPS) is 18.4. The summed E-state index contributed by atoms with van der Waals surface area (Å²) in [5, 5.41) is 3.49. The molecule has 1 aromatic rings. The number of benzene rings is 1. The van der Waals surface area contributed by atoms with Crippen LogP contribution in [0.5, 0.6) is 5.75 Å². The molecule has 100 valence electrons. The maximum Gasteiger partial charge on any atom is 0.165 e. The lowest BCUT2D eigenvalue weighted by molar-refractivity contribution is 0.353. The molecule has 1 saturated carbocycles. The van der Waals surface area contributed by atoms with E-state index in [9.17, 15) is 4.39 Å². The highest BCUT2D eigenvalue weighted by molar-refractivity contribution is 5.30. The minimum Gasteiger partial charge on any atom is -0.494 e. The molecule has 1 atom stereocenters. The highest BCUT2D eigenvalue weighted by atomic mass is 19.1. The Bertz CT molecular complexity index is 415. The zero-order valence-corrected chi connectivity index (χ0v) is 11.4. The third-order valence-corrected chi connectivity index (χ3v) is 4.09. The van der Waals surface area contributed by atoms with Gasteiger partial charge in [0, 0.05) is 6.04 Å². The second-order valence-electron chi connectivity index (χ2n) is 5.29. The van der Waals surface area contributed by atoms with Gasteiger partial charge in [-0.1, -0.05) is 13.0 Å². The number of halogens is 1. The van der Waals surface area contributed by atoms with Crippen LogP contribution in [0.15, 0.2) is 18.2 Å². The SMILES string of the molecule is CCNC(C)C1(Cc2ccc(OC)c(F)c2)CC1. The molecule has 0 aromatic heterocycles. The van der Waals surface area contributed by atoms with E-state index in [0.29, 0.717) is 17.2 Å². The molecule has 1 aliphatic rings. The van der Waals surface area contributed by atoms with E-state index in [1.165, 1.54) is 20.0 Å². The first-order valence-electron chi connectivity index (χ1n) is 6.67. The Morgan fingerprint density at radius 1 is 1.44 bits per heavy atom. The van der Waals surface area contributed by atoms with Crippen LogP contribution < -0.4 is 10.1 Å².